The third kappa shape index (κ3) is 6.06. The predicted octanol–water partition coefficient (Wildman–Crippen LogP) is 9.60. The zero-order valence-electron chi connectivity index (χ0n) is 24.8. The number of furan rings is 1. The van der Waals surface area contributed by atoms with E-state index < -0.39 is 0 Å². The minimum absolute atomic E-state index is 0. The Morgan fingerprint density at radius 1 is 0.628 bits per heavy atom. The van der Waals surface area contributed by atoms with Gasteiger partial charge in [-0.05, 0) is 80.9 Å². The SMILES string of the molecule is Cc1cc(-c2[c-]ccc3c2oc2nc(-c4c(C)cccc4C)ccc23)nc(C)c1C.[Ir].[c-]1ccccc1-c1ccccn1. The molecular formula is C38H31IrN3O-2. The first kappa shape index (κ1) is 30.0. The molecule has 0 aliphatic rings. The molecular weight excluding hydrogens is 707 g/mol. The van der Waals surface area contributed by atoms with E-state index in [0.29, 0.717) is 5.71 Å². The Kier molecular flexibility index (Phi) is 8.96. The van der Waals surface area contributed by atoms with E-state index in [1.165, 1.54) is 22.3 Å². The van der Waals surface area contributed by atoms with Crippen molar-refractivity contribution in [3.8, 4) is 33.8 Å². The Balaban J connectivity index is 0.000000238. The van der Waals surface area contributed by atoms with E-state index in [-0.39, 0.29) is 20.1 Å². The molecule has 0 atom stereocenters. The van der Waals surface area contributed by atoms with E-state index in [4.69, 9.17) is 14.4 Å². The van der Waals surface area contributed by atoms with Crippen LogP contribution in [0.2, 0.25) is 0 Å². The minimum Gasteiger partial charge on any atom is -0.486 e. The van der Waals surface area contributed by atoms with E-state index in [9.17, 15) is 0 Å². The first-order valence-electron chi connectivity index (χ1n) is 14.0. The van der Waals surface area contributed by atoms with Gasteiger partial charge in [0.2, 0.25) is 5.71 Å². The Hall–Kier alpha value is -4.44. The molecule has 7 aromatic rings. The summed E-state index contributed by atoms with van der Waals surface area (Å²) in [6.45, 7) is 10.5. The maximum atomic E-state index is 6.31. The molecule has 215 valence electrons. The zero-order chi connectivity index (χ0) is 29.2. The van der Waals surface area contributed by atoms with E-state index in [1.807, 2.05) is 61.5 Å². The topological polar surface area (TPSA) is 51.8 Å². The number of pyridine rings is 3. The number of benzene rings is 3. The third-order valence-corrected chi connectivity index (χ3v) is 7.72. The second kappa shape index (κ2) is 12.8. The molecule has 0 amide bonds. The average molecular weight is 738 g/mol. The van der Waals surface area contributed by atoms with Gasteiger partial charge in [0, 0.05) is 42.9 Å². The normalized spacial score (nSPS) is 10.7. The first-order valence-corrected chi connectivity index (χ1v) is 14.0. The van der Waals surface area contributed by atoms with Crippen molar-refractivity contribution in [2.75, 3.05) is 0 Å². The number of fused-ring (bicyclic) bond motifs is 3. The van der Waals surface area contributed by atoms with Crippen LogP contribution in [0.1, 0.15) is 27.9 Å². The number of aryl methyl sites for hydroxylation is 4. The van der Waals surface area contributed by atoms with Crippen LogP contribution < -0.4 is 0 Å². The molecule has 3 aromatic carbocycles. The summed E-state index contributed by atoms with van der Waals surface area (Å²) in [6, 6.07) is 36.8. The Bertz CT molecular complexity index is 1950. The van der Waals surface area contributed by atoms with Crippen LogP contribution in [0.25, 0.3) is 55.8 Å². The van der Waals surface area contributed by atoms with Crippen molar-refractivity contribution in [2.24, 2.45) is 0 Å². The van der Waals surface area contributed by atoms with Crippen molar-refractivity contribution in [2.45, 2.75) is 34.6 Å². The fourth-order valence-electron chi connectivity index (χ4n) is 5.27. The minimum atomic E-state index is 0. The summed E-state index contributed by atoms with van der Waals surface area (Å²) in [5.41, 5.74) is 13.2. The molecule has 1 radical (unpaired) electrons. The number of aromatic nitrogens is 3. The van der Waals surface area contributed by atoms with Gasteiger partial charge in [0.1, 0.15) is 0 Å². The summed E-state index contributed by atoms with van der Waals surface area (Å²) in [6.07, 6.45) is 1.79. The monoisotopic (exact) mass is 738 g/mol. The molecule has 0 fully saturated rings. The van der Waals surface area contributed by atoms with Crippen LogP contribution in [-0.4, -0.2) is 15.0 Å². The van der Waals surface area contributed by atoms with Gasteiger partial charge in [-0.15, -0.1) is 54.1 Å². The van der Waals surface area contributed by atoms with Gasteiger partial charge in [0.05, 0.1) is 11.3 Å². The fourth-order valence-corrected chi connectivity index (χ4v) is 5.27. The van der Waals surface area contributed by atoms with Crippen molar-refractivity contribution in [1.29, 1.82) is 0 Å². The van der Waals surface area contributed by atoms with E-state index >= 15 is 0 Å². The molecule has 0 N–H and O–H groups in total. The maximum absolute atomic E-state index is 6.31. The second-order valence-electron chi connectivity index (χ2n) is 10.5. The molecule has 0 aliphatic carbocycles. The smallest absolute Gasteiger partial charge is 0.216 e. The van der Waals surface area contributed by atoms with Crippen molar-refractivity contribution < 1.29 is 24.5 Å². The van der Waals surface area contributed by atoms with Crippen LogP contribution in [-0.2, 0) is 20.1 Å². The van der Waals surface area contributed by atoms with Crippen LogP contribution in [0.15, 0.2) is 102 Å². The van der Waals surface area contributed by atoms with Crippen molar-refractivity contribution in [1.82, 2.24) is 15.0 Å². The van der Waals surface area contributed by atoms with Gasteiger partial charge in [-0.2, -0.15) is 0 Å². The number of hydrogen-bond donors (Lipinski definition) is 0. The summed E-state index contributed by atoms with van der Waals surface area (Å²) in [5, 5.41) is 2.05. The van der Waals surface area contributed by atoms with Gasteiger partial charge in [-0.25, -0.2) is 4.98 Å². The van der Waals surface area contributed by atoms with Gasteiger partial charge >= 0.3 is 0 Å². The van der Waals surface area contributed by atoms with Crippen molar-refractivity contribution in [3.05, 3.63) is 137 Å². The Morgan fingerprint density at radius 2 is 1.42 bits per heavy atom. The molecule has 0 saturated carbocycles. The van der Waals surface area contributed by atoms with Gasteiger partial charge in [0.15, 0.2) is 0 Å². The largest absolute Gasteiger partial charge is 0.486 e. The average Bonchev–Trinajstić information content (AvgIpc) is 3.39. The number of rotatable bonds is 3. The first-order chi connectivity index (χ1) is 20.4. The molecule has 43 heavy (non-hydrogen) atoms. The zero-order valence-corrected chi connectivity index (χ0v) is 27.2. The third-order valence-electron chi connectivity index (χ3n) is 7.72. The maximum Gasteiger partial charge on any atom is 0.216 e. The van der Waals surface area contributed by atoms with Crippen molar-refractivity contribution in [3.63, 3.8) is 0 Å². The molecule has 0 spiro atoms. The van der Waals surface area contributed by atoms with Gasteiger partial charge in [0.25, 0.3) is 0 Å². The van der Waals surface area contributed by atoms with Gasteiger partial charge in [-0.1, -0.05) is 52.9 Å². The van der Waals surface area contributed by atoms with Gasteiger partial charge in [-0.3, -0.25) is 0 Å². The van der Waals surface area contributed by atoms with Crippen LogP contribution in [0.5, 0.6) is 0 Å². The molecule has 5 heteroatoms. The van der Waals surface area contributed by atoms with Crippen LogP contribution in [0.3, 0.4) is 0 Å². The quantitative estimate of drug-likeness (QED) is 0.170. The molecule has 7 rings (SSSR count). The van der Waals surface area contributed by atoms with E-state index in [2.05, 4.69) is 81.2 Å². The van der Waals surface area contributed by atoms with Crippen LogP contribution >= 0.6 is 0 Å². The molecule has 4 nitrogen and oxygen atoms in total. The molecule has 0 aliphatic heterocycles. The Labute approximate surface area is 266 Å². The molecule has 4 heterocycles. The fraction of sp³-hybridized carbons (Fsp3) is 0.132. The predicted molar refractivity (Wildman–Crippen MR) is 171 cm³/mol. The van der Waals surface area contributed by atoms with Gasteiger partial charge < -0.3 is 14.4 Å². The number of nitrogens with zero attached hydrogens (tertiary/aromatic N) is 3. The van der Waals surface area contributed by atoms with Crippen molar-refractivity contribution >= 4 is 22.1 Å². The summed E-state index contributed by atoms with van der Waals surface area (Å²) in [4.78, 5) is 13.9. The van der Waals surface area contributed by atoms with E-state index in [1.54, 1.807) is 6.20 Å². The summed E-state index contributed by atoms with van der Waals surface area (Å²) < 4.78 is 6.31. The molecule has 0 saturated heterocycles. The molecule has 0 unspecified atom stereocenters. The van der Waals surface area contributed by atoms with E-state index in [0.717, 1.165) is 55.8 Å². The Morgan fingerprint density at radius 3 is 2.12 bits per heavy atom. The summed E-state index contributed by atoms with van der Waals surface area (Å²) in [5.74, 6) is 0. The number of hydrogen-bond acceptors (Lipinski definition) is 4. The summed E-state index contributed by atoms with van der Waals surface area (Å²) in [7, 11) is 0. The standard InChI is InChI=1S/C27H23N2O.C11H8N.Ir/c1-15-8-6-9-16(2)25(15)23-13-12-21-20-10-7-11-22(26(20)30-27(21)29-23)24-14-17(3)18(4)19(5)28-24;1-2-6-10(7-3-1)11-8-4-5-9-12-11;/h6-10,12-14H,1-5H3;1-6,8-9H;/q2*-1;. The second-order valence-corrected chi connectivity index (χ2v) is 10.5. The summed E-state index contributed by atoms with van der Waals surface area (Å²) >= 11 is 0. The molecule has 0 bridgehead atoms. The van der Waals surface area contributed by atoms with Crippen LogP contribution in [0.4, 0.5) is 0 Å². The van der Waals surface area contributed by atoms with Crippen LogP contribution in [0, 0.1) is 46.8 Å². The molecule has 4 aromatic heterocycles.